The van der Waals surface area contributed by atoms with Gasteiger partial charge in [-0.15, -0.1) is 0 Å². The molecule has 3 rings (SSSR count). The molecule has 1 N–H and O–H groups in total. The van der Waals surface area contributed by atoms with E-state index in [1.165, 1.54) is 29.5 Å². The molecule has 0 saturated heterocycles. The number of fused-ring (bicyclic) bond motifs is 1. The number of carbonyl (C=O) groups excluding carboxylic acids is 1. The fourth-order valence-corrected chi connectivity index (χ4v) is 3.08. The van der Waals surface area contributed by atoms with Crippen LogP contribution in [0.2, 0.25) is 5.02 Å². The van der Waals surface area contributed by atoms with Crippen molar-refractivity contribution < 1.29 is 4.79 Å². The third kappa shape index (κ3) is 4.02. The first kappa shape index (κ1) is 15.8. The Morgan fingerprint density at radius 3 is 2.65 bits per heavy atom. The van der Waals surface area contributed by atoms with Gasteiger partial charge in [0, 0.05) is 11.1 Å². The maximum atomic E-state index is 12.1. The molecule has 2 aromatic rings. The van der Waals surface area contributed by atoms with Gasteiger partial charge < -0.3 is 5.32 Å². The zero-order valence-electron chi connectivity index (χ0n) is 13.2. The summed E-state index contributed by atoms with van der Waals surface area (Å²) < 4.78 is 0. The average molecular weight is 326 g/mol. The van der Waals surface area contributed by atoms with E-state index in [0.29, 0.717) is 5.02 Å². The van der Waals surface area contributed by atoms with Gasteiger partial charge in [0.2, 0.25) is 5.91 Å². The molecule has 0 spiro atoms. The second kappa shape index (κ2) is 7.01. The Hall–Kier alpha value is -2.06. The first-order valence-electron chi connectivity index (χ1n) is 7.97. The molecule has 0 saturated carbocycles. The lowest BCUT2D eigenvalue weighted by Crippen LogP contribution is -2.24. The molecule has 0 heterocycles. The van der Waals surface area contributed by atoms with Crippen molar-refractivity contribution in [3.63, 3.8) is 0 Å². The number of carbonyl (C=O) groups is 1. The summed E-state index contributed by atoms with van der Waals surface area (Å²) in [5.41, 5.74) is 5.00. The van der Waals surface area contributed by atoms with Gasteiger partial charge in [-0.3, -0.25) is 4.79 Å². The third-order valence-electron chi connectivity index (χ3n) is 4.28. The number of hydrogen-bond donors (Lipinski definition) is 1. The van der Waals surface area contributed by atoms with Gasteiger partial charge in [-0.05, 0) is 66.6 Å². The van der Waals surface area contributed by atoms with Gasteiger partial charge in [0.05, 0.1) is 6.04 Å². The predicted molar refractivity (Wildman–Crippen MR) is 95.5 cm³/mol. The van der Waals surface area contributed by atoms with Gasteiger partial charge >= 0.3 is 0 Å². The van der Waals surface area contributed by atoms with E-state index in [1.54, 1.807) is 12.2 Å². The molecule has 3 heteroatoms. The lowest BCUT2D eigenvalue weighted by molar-refractivity contribution is -0.117. The van der Waals surface area contributed by atoms with Crippen molar-refractivity contribution in [3.8, 4) is 0 Å². The maximum absolute atomic E-state index is 12.1. The molecule has 118 valence electrons. The van der Waals surface area contributed by atoms with E-state index in [-0.39, 0.29) is 11.9 Å². The van der Waals surface area contributed by atoms with Crippen LogP contribution >= 0.6 is 11.6 Å². The number of rotatable bonds is 4. The monoisotopic (exact) mass is 325 g/mol. The number of aryl methyl sites for hydroxylation is 2. The second-order valence-electron chi connectivity index (χ2n) is 6.00. The summed E-state index contributed by atoms with van der Waals surface area (Å²) in [6.45, 7) is 2.02. The normalized spacial score (nSPS) is 14.7. The molecule has 1 aliphatic carbocycles. The minimum Gasteiger partial charge on any atom is -0.346 e. The first-order chi connectivity index (χ1) is 11.1. The predicted octanol–water partition coefficient (Wildman–Crippen LogP) is 4.72. The number of benzene rings is 2. The fraction of sp³-hybridized carbons (Fsp3) is 0.250. The highest BCUT2D eigenvalue weighted by atomic mass is 35.5. The van der Waals surface area contributed by atoms with Gasteiger partial charge in [-0.25, -0.2) is 0 Å². The molecule has 2 aromatic carbocycles. The van der Waals surface area contributed by atoms with Crippen LogP contribution in [0.5, 0.6) is 0 Å². The van der Waals surface area contributed by atoms with Crippen LogP contribution in [0.1, 0.15) is 41.6 Å². The van der Waals surface area contributed by atoms with Crippen LogP contribution in [0.4, 0.5) is 0 Å². The highest BCUT2D eigenvalue weighted by Gasteiger charge is 2.14. The summed E-state index contributed by atoms with van der Waals surface area (Å²) in [6.07, 6.45) is 6.93. The Morgan fingerprint density at radius 1 is 1.13 bits per heavy atom. The Balaban J connectivity index is 1.62. The van der Waals surface area contributed by atoms with Gasteiger partial charge in [-0.1, -0.05) is 41.9 Å². The summed E-state index contributed by atoms with van der Waals surface area (Å²) in [4.78, 5) is 12.1. The molecule has 0 fully saturated rings. The molecular formula is C20H20ClNO. The molecule has 0 aliphatic heterocycles. The summed E-state index contributed by atoms with van der Waals surface area (Å²) >= 11 is 5.85. The summed E-state index contributed by atoms with van der Waals surface area (Å²) in [7, 11) is 0. The average Bonchev–Trinajstić information content (AvgIpc) is 3.02. The van der Waals surface area contributed by atoms with Crippen molar-refractivity contribution in [1.82, 2.24) is 5.32 Å². The van der Waals surface area contributed by atoms with Crippen LogP contribution in [0, 0.1) is 0 Å². The topological polar surface area (TPSA) is 29.1 Å². The summed E-state index contributed by atoms with van der Waals surface area (Å²) in [5, 5.41) is 3.71. The minimum absolute atomic E-state index is 0.00303. The largest absolute Gasteiger partial charge is 0.346 e. The Morgan fingerprint density at radius 2 is 1.87 bits per heavy atom. The first-order valence-corrected chi connectivity index (χ1v) is 8.35. The van der Waals surface area contributed by atoms with Crippen LogP contribution in [0.15, 0.2) is 48.5 Å². The van der Waals surface area contributed by atoms with E-state index in [1.807, 2.05) is 31.2 Å². The van der Waals surface area contributed by atoms with Crippen molar-refractivity contribution in [1.29, 1.82) is 0 Å². The van der Waals surface area contributed by atoms with Crippen molar-refractivity contribution in [2.75, 3.05) is 0 Å². The molecule has 1 atom stereocenters. The second-order valence-corrected chi connectivity index (χ2v) is 6.43. The lowest BCUT2D eigenvalue weighted by atomic mass is 10.0. The highest BCUT2D eigenvalue weighted by molar-refractivity contribution is 6.30. The van der Waals surface area contributed by atoms with E-state index in [9.17, 15) is 4.79 Å². The number of amides is 1. The van der Waals surface area contributed by atoms with Crippen LogP contribution in [-0.4, -0.2) is 5.91 Å². The number of halogens is 1. The molecule has 2 nitrogen and oxygen atoms in total. The minimum atomic E-state index is -0.0899. The van der Waals surface area contributed by atoms with Gasteiger partial charge in [0.25, 0.3) is 0 Å². The smallest absolute Gasteiger partial charge is 0.244 e. The zero-order valence-corrected chi connectivity index (χ0v) is 13.9. The summed E-state index contributed by atoms with van der Waals surface area (Å²) in [5.74, 6) is -0.0899. The molecular weight excluding hydrogens is 306 g/mol. The summed E-state index contributed by atoms with van der Waals surface area (Å²) in [6, 6.07) is 14.0. The van der Waals surface area contributed by atoms with E-state index >= 15 is 0 Å². The van der Waals surface area contributed by atoms with Gasteiger partial charge in [0.1, 0.15) is 0 Å². The van der Waals surface area contributed by atoms with Gasteiger partial charge in [0.15, 0.2) is 0 Å². The van der Waals surface area contributed by atoms with Crippen molar-refractivity contribution in [3.05, 3.63) is 75.8 Å². The lowest BCUT2D eigenvalue weighted by Gasteiger charge is -2.14. The van der Waals surface area contributed by atoms with E-state index < -0.39 is 0 Å². The zero-order chi connectivity index (χ0) is 16.2. The van der Waals surface area contributed by atoms with Gasteiger partial charge in [-0.2, -0.15) is 0 Å². The Labute approximate surface area is 142 Å². The molecule has 0 aromatic heterocycles. The molecule has 1 amide bonds. The van der Waals surface area contributed by atoms with Crippen LogP contribution in [0.25, 0.3) is 6.08 Å². The SMILES string of the molecule is CC(NC(=O)/C=C/c1ccc(Cl)cc1)c1ccc2c(c1)CCC2. The van der Waals surface area contributed by atoms with Crippen molar-refractivity contribution in [2.45, 2.75) is 32.2 Å². The number of hydrogen-bond acceptors (Lipinski definition) is 1. The third-order valence-corrected chi connectivity index (χ3v) is 4.53. The van der Waals surface area contributed by atoms with Crippen LogP contribution < -0.4 is 5.32 Å². The Bertz CT molecular complexity index is 734. The van der Waals surface area contributed by atoms with Crippen molar-refractivity contribution >= 4 is 23.6 Å². The molecule has 23 heavy (non-hydrogen) atoms. The molecule has 1 aliphatic rings. The fourth-order valence-electron chi connectivity index (χ4n) is 2.95. The van der Waals surface area contributed by atoms with Crippen LogP contribution in [0.3, 0.4) is 0 Å². The Kier molecular flexibility index (Phi) is 4.82. The molecule has 0 radical (unpaired) electrons. The van der Waals surface area contributed by atoms with Crippen molar-refractivity contribution in [2.24, 2.45) is 0 Å². The van der Waals surface area contributed by atoms with Crippen LogP contribution in [-0.2, 0) is 17.6 Å². The molecule has 1 unspecified atom stereocenters. The standard InChI is InChI=1S/C20H20ClNO/c1-14(17-9-8-16-3-2-4-18(16)13-17)22-20(23)12-7-15-5-10-19(21)11-6-15/h5-14H,2-4H2,1H3,(H,22,23)/b12-7+. The van der Waals surface area contributed by atoms with E-state index in [2.05, 4.69) is 23.5 Å². The maximum Gasteiger partial charge on any atom is 0.244 e. The highest BCUT2D eigenvalue weighted by Crippen LogP contribution is 2.25. The molecule has 0 bridgehead atoms. The number of nitrogens with one attached hydrogen (secondary N) is 1. The van der Waals surface area contributed by atoms with E-state index in [4.69, 9.17) is 11.6 Å². The quantitative estimate of drug-likeness (QED) is 0.810. The van der Waals surface area contributed by atoms with E-state index in [0.717, 1.165) is 12.0 Å².